The molecule has 1 fully saturated rings. The van der Waals surface area contributed by atoms with Crippen molar-refractivity contribution < 1.29 is 9.21 Å². The second-order valence-electron chi connectivity index (χ2n) is 5.86. The number of hydrogen-bond acceptors (Lipinski definition) is 5. The molecule has 1 aliphatic rings. The van der Waals surface area contributed by atoms with Gasteiger partial charge in [-0.2, -0.15) is 0 Å². The van der Waals surface area contributed by atoms with Crippen LogP contribution < -0.4 is 10.2 Å². The first kappa shape index (κ1) is 16.2. The third kappa shape index (κ3) is 4.41. The van der Waals surface area contributed by atoms with Gasteiger partial charge in [-0.05, 0) is 37.5 Å². The minimum absolute atomic E-state index is 0.0871. The van der Waals surface area contributed by atoms with Gasteiger partial charge in [0.1, 0.15) is 0 Å². The van der Waals surface area contributed by atoms with Crippen LogP contribution in [0.25, 0.3) is 0 Å². The Balaban J connectivity index is 1.80. The third-order valence-corrected chi connectivity index (χ3v) is 4.11. The number of carbonyl (C=O) groups excluding carboxylic acids is 1. The van der Waals surface area contributed by atoms with Crippen molar-refractivity contribution in [3.8, 4) is 0 Å². The molecule has 1 aromatic heterocycles. The SMILES string of the molecule is CC(C)c1nnc(C2CCC(C(=O)NCCNCl)CC2)o1. The number of carbonyl (C=O) groups is 1. The summed E-state index contributed by atoms with van der Waals surface area (Å²) in [6.07, 6.45) is 3.57. The predicted molar refractivity (Wildman–Crippen MR) is 80.0 cm³/mol. The minimum Gasteiger partial charge on any atom is -0.425 e. The highest BCUT2D eigenvalue weighted by Gasteiger charge is 2.29. The van der Waals surface area contributed by atoms with Gasteiger partial charge >= 0.3 is 0 Å². The monoisotopic (exact) mass is 314 g/mol. The van der Waals surface area contributed by atoms with Crippen molar-refractivity contribution in [2.24, 2.45) is 5.92 Å². The van der Waals surface area contributed by atoms with Crippen molar-refractivity contribution in [3.63, 3.8) is 0 Å². The predicted octanol–water partition coefficient (Wildman–Crippen LogP) is 2.33. The van der Waals surface area contributed by atoms with Gasteiger partial charge in [0.25, 0.3) is 0 Å². The zero-order valence-electron chi connectivity index (χ0n) is 12.6. The van der Waals surface area contributed by atoms with Crippen LogP contribution in [0.4, 0.5) is 0 Å². The molecule has 1 heterocycles. The fourth-order valence-corrected chi connectivity index (χ4v) is 2.72. The third-order valence-electron chi connectivity index (χ3n) is 3.92. The Morgan fingerprint density at radius 2 is 2.00 bits per heavy atom. The van der Waals surface area contributed by atoms with E-state index < -0.39 is 0 Å². The number of nitrogens with zero attached hydrogens (tertiary/aromatic N) is 2. The molecule has 7 heteroatoms. The molecule has 1 aromatic rings. The smallest absolute Gasteiger partial charge is 0.223 e. The van der Waals surface area contributed by atoms with Gasteiger partial charge in [0.2, 0.25) is 17.7 Å². The van der Waals surface area contributed by atoms with Crippen LogP contribution in [0.2, 0.25) is 0 Å². The first-order chi connectivity index (χ1) is 10.1. The Morgan fingerprint density at radius 3 is 2.57 bits per heavy atom. The van der Waals surface area contributed by atoms with E-state index in [1.807, 2.05) is 13.8 Å². The van der Waals surface area contributed by atoms with Crippen LogP contribution in [-0.2, 0) is 4.79 Å². The molecule has 118 valence electrons. The normalized spacial score (nSPS) is 22.5. The molecule has 1 amide bonds. The van der Waals surface area contributed by atoms with E-state index in [-0.39, 0.29) is 17.7 Å². The van der Waals surface area contributed by atoms with Crippen LogP contribution in [0.15, 0.2) is 4.42 Å². The average molecular weight is 315 g/mol. The van der Waals surface area contributed by atoms with E-state index >= 15 is 0 Å². The zero-order chi connectivity index (χ0) is 15.2. The van der Waals surface area contributed by atoms with Crippen molar-refractivity contribution in [1.29, 1.82) is 0 Å². The Kier molecular flexibility index (Phi) is 5.99. The molecule has 2 rings (SSSR count). The molecule has 0 unspecified atom stereocenters. The van der Waals surface area contributed by atoms with Gasteiger partial charge in [-0.25, -0.2) is 4.84 Å². The first-order valence-corrected chi connectivity index (χ1v) is 7.94. The minimum atomic E-state index is 0.0871. The Bertz CT molecular complexity index is 456. The van der Waals surface area contributed by atoms with Gasteiger partial charge in [0.15, 0.2) is 0 Å². The fraction of sp³-hybridized carbons (Fsp3) is 0.786. The van der Waals surface area contributed by atoms with Gasteiger partial charge < -0.3 is 9.73 Å². The molecule has 0 spiro atoms. The van der Waals surface area contributed by atoms with E-state index in [4.69, 9.17) is 16.2 Å². The highest BCUT2D eigenvalue weighted by atomic mass is 35.5. The maximum absolute atomic E-state index is 12.0. The van der Waals surface area contributed by atoms with Gasteiger partial charge in [-0.15, -0.1) is 10.2 Å². The summed E-state index contributed by atoms with van der Waals surface area (Å²) in [5.74, 6) is 2.17. The zero-order valence-corrected chi connectivity index (χ0v) is 13.3. The highest BCUT2D eigenvalue weighted by molar-refractivity contribution is 6.13. The molecule has 6 nitrogen and oxygen atoms in total. The molecular weight excluding hydrogens is 292 g/mol. The van der Waals surface area contributed by atoms with Crippen molar-refractivity contribution in [2.75, 3.05) is 13.1 Å². The summed E-state index contributed by atoms with van der Waals surface area (Å²) >= 11 is 5.36. The molecule has 0 bridgehead atoms. The molecule has 0 radical (unpaired) electrons. The molecule has 0 aliphatic heterocycles. The Morgan fingerprint density at radius 1 is 1.29 bits per heavy atom. The van der Waals surface area contributed by atoms with E-state index in [9.17, 15) is 4.79 Å². The van der Waals surface area contributed by atoms with Gasteiger partial charge in [-0.3, -0.25) is 4.79 Å². The van der Waals surface area contributed by atoms with Crippen molar-refractivity contribution in [3.05, 3.63) is 11.8 Å². The molecule has 0 saturated heterocycles. The van der Waals surface area contributed by atoms with E-state index in [0.717, 1.165) is 31.6 Å². The van der Waals surface area contributed by atoms with Crippen LogP contribution in [0.5, 0.6) is 0 Å². The van der Waals surface area contributed by atoms with E-state index in [1.54, 1.807) is 0 Å². The summed E-state index contributed by atoms with van der Waals surface area (Å²) < 4.78 is 5.71. The molecule has 1 saturated carbocycles. The van der Waals surface area contributed by atoms with Gasteiger partial charge in [-0.1, -0.05) is 13.8 Å². The lowest BCUT2D eigenvalue weighted by atomic mass is 9.81. The summed E-state index contributed by atoms with van der Waals surface area (Å²) in [4.78, 5) is 14.5. The molecule has 1 aliphatic carbocycles. The lowest BCUT2D eigenvalue weighted by Crippen LogP contribution is -2.35. The van der Waals surface area contributed by atoms with Crippen molar-refractivity contribution in [2.45, 2.75) is 51.4 Å². The maximum atomic E-state index is 12.0. The van der Waals surface area contributed by atoms with E-state index in [2.05, 4.69) is 20.3 Å². The van der Waals surface area contributed by atoms with Crippen molar-refractivity contribution in [1.82, 2.24) is 20.3 Å². The highest BCUT2D eigenvalue weighted by Crippen LogP contribution is 2.35. The standard InChI is InChI=1S/C14H23ClN4O2/c1-9(2)13-18-19-14(21-13)11-5-3-10(4-6-11)12(20)16-7-8-17-15/h9-11,17H,3-8H2,1-2H3,(H,16,20). The largest absolute Gasteiger partial charge is 0.425 e. The maximum Gasteiger partial charge on any atom is 0.223 e. The second kappa shape index (κ2) is 7.75. The van der Waals surface area contributed by atoms with Crippen LogP contribution in [0.1, 0.15) is 63.1 Å². The summed E-state index contributed by atoms with van der Waals surface area (Å²) in [6.45, 7) is 5.20. The number of aromatic nitrogens is 2. The molecule has 0 atom stereocenters. The molecule has 2 N–H and O–H groups in total. The molecule has 0 aromatic carbocycles. The quantitative estimate of drug-likeness (QED) is 0.622. The summed E-state index contributed by atoms with van der Waals surface area (Å²) in [7, 11) is 0. The lowest BCUT2D eigenvalue weighted by Gasteiger charge is -2.25. The van der Waals surface area contributed by atoms with E-state index in [0.29, 0.717) is 24.9 Å². The van der Waals surface area contributed by atoms with E-state index in [1.165, 1.54) is 0 Å². The van der Waals surface area contributed by atoms with Crippen LogP contribution in [0, 0.1) is 5.92 Å². The summed E-state index contributed by atoms with van der Waals surface area (Å²) in [5.41, 5.74) is 0. The van der Waals surface area contributed by atoms with Gasteiger partial charge in [0.05, 0.1) is 0 Å². The number of nitrogens with one attached hydrogen (secondary N) is 2. The fourth-order valence-electron chi connectivity index (χ4n) is 2.62. The second-order valence-corrected chi connectivity index (χ2v) is 6.12. The Labute approximate surface area is 130 Å². The lowest BCUT2D eigenvalue weighted by molar-refractivity contribution is -0.126. The average Bonchev–Trinajstić information content (AvgIpc) is 2.97. The van der Waals surface area contributed by atoms with Gasteiger partial charge in [0, 0.05) is 30.8 Å². The van der Waals surface area contributed by atoms with Crippen molar-refractivity contribution >= 4 is 17.7 Å². The summed E-state index contributed by atoms with van der Waals surface area (Å²) in [5, 5.41) is 11.1. The number of halogens is 1. The number of hydrogen-bond donors (Lipinski definition) is 2. The topological polar surface area (TPSA) is 80.0 Å². The van der Waals surface area contributed by atoms with Crippen LogP contribution >= 0.6 is 11.8 Å². The number of amides is 1. The van der Waals surface area contributed by atoms with Crippen LogP contribution in [0.3, 0.4) is 0 Å². The Hall–Kier alpha value is -1.14. The van der Waals surface area contributed by atoms with Crippen LogP contribution in [-0.4, -0.2) is 29.2 Å². The molecular formula is C14H23ClN4O2. The first-order valence-electron chi connectivity index (χ1n) is 7.56. The number of rotatable bonds is 6. The summed E-state index contributed by atoms with van der Waals surface area (Å²) in [6, 6.07) is 0. The molecule has 21 heavy (non-hydrogen) atoms.